The molecule has 0 aliphatic carbocycles. The van der Waals surface area contributed by atoms with Crippen molar-refractivity contribution in [2.24, 2.45) is 0 Å². The number of thiazole rings is 1. The number of fused-ring (bicyclic) bond motifs is 1. The van der Waals surface area contributed by atoms with Crippen molar-refractivity contribution in [2.45, 2.75) is 4.90 Å². The zero-order valence-corrected chi connectivity index (χ0v) is 10.8. The molecule has 0 spiro atoms. The van der Waals surface area contributed by atoms with Crippen molar-refractivity contribution in [3.8, 4) is 0 Å². The van der Waals surface area contributed by atoms with Crippen molar-refractivity contribution in [1.29, 1.82) is 0 Å². The number of halogens is 1. The fraction of sp³-hybridized carbons (Fsp3) is 0. The Morgan fingerprint density at radius 2 is 2.21 bits per heavy atom. The second-order valence-corrected chi connectivity index (χ2v) is 4.17. The van der Waals surface area contributed by atoms with Crippen molar-refractivity contribution < 1.29 is 42.7 Å². The van der Waals surface area contributed by atoms with E-state index in [9.17, 15) is 13.2 Å². The molecule has 1 aromatic carbocycles. The Labute approximate surface area is 108 Å². The second-order valence-electron chi connectivity index (χ2n) is 2.34. The Kier molecular flexibility index (Phi) is 4.17. The largest absolute Gasteiger partial charge is 1.00 e. The van der Waals surface area contributed by atoms with Crippen LogP contribution in [0.2, 0.25) is 0 Å². The molecule has 0 amide bonds. The summed E-state index contributed by atoms with van der Waals surface area (Å²) in [6, 6.07) is 2.37. The van der Waals surface area contributed by atoms with Gasteiger partial charge in [0.1, 0.15) is 5.52 Å². The van der Waals surface area contributed by atoms with E-state index in [1.807, 2.05) is 0 Å². The molecule has 0 aliphatic rings. The van der Waals surface area contributed by atoms with Crippen molar-refractivity contribution >= 4 is 32.6 Å². The molecule has 2 rings (SSSR count). The molecule has 0 saturated heterocycles. The van der Waals surface area contributed by atoms with Crippen LogP contribution in [0, 0.1) is 5.82 Å². The minimum absolute atomic E-state index is 0. The topological polar surface area (TPSA) is 53.0 Å². The maximum absolute atomic E-state index is 13.1. The van der Waals surface area contributed by atoms with Crippen LogP contribution in [0.4, 0.5) is 4.39 Å². The van der Waals surface area contributed by atoms with Crippen LogP contribution in [0.25, 0.3) is 10.2 Å². The molecule has 0 bridgehead atoms. The monoisotopic (exact) mass is 239 g/mol. The van der Waals surface area contributed by atoms with Crippen LogP contribution in [-0.4, -0.2) is 13.7 Å². The molecule has 14 heavy (non-hydrogen) atoms. The molecule has 68 valence electrons. The first-order chi connectivity index (χ1) is 6.18. The third kappa shape index (κ3) is 2.21. The summed E-state index contributed by atoms with van der Waals surface area (Å²) in [5, 5.41) is 0. The van der Waals surface area contributed by atoms with E-state index in [-0.39, 0.29) is 40.0 Å². The molecule has 0 N–H and O–H groups in total. The number of hydrogen-bond donors (Lipinski definition) is 0. The van der Waals surface area contributed by atoms with Gasteiger partial charge < -0.3 is 4.55 Å². The predicted molar refractivity (Wildman–Crippen MR) is 46.8 cm³/mol. The summed E-state index contributed by atoms with van der Waals surface area (Å²) in [6.45, 7) is 0. The smallest absolute Gasteiger partial charge is 0.768 e. The van der Waals surface area contributed by atoms with Crippen molar-refractivity contribution in [3.63, 3.8) is 0 Å². The predicted octanol–water partition coefficient (Wildman–Crippen LogP) is -1.32. The van der Waals surface area contributed by atoms with Gasteiger partial charge in [-0.2, -0.15) is 0 Å². The molecule has 0 fully saturated rings. The van der Waals surface area contributed by atoms with Gasteiger partial charge in [-0.25, -0.2) is 9.37 Å². The van der Waals surface area contributed by atoms with Crippen LogP contribution in [0.3, 0.4) is 0 Å². The van der Waals surface area contributed by atoms with E-state index in [2.05, 4.69) is 4.98 Å². The molecule has 7 heteroatoms. The number of benzene rings is 1. The number of hydrogen-bond acceptors (Lipinski definition) is 4. The standard InChI is InChI=1S/C7H4FNO2S2.Na/c8-5-1-4(13(10)11)2-6-7(5)9-3-12-6;/h1-3H,(H,10,11);/q;+1/p-1. The van der Waals surface area contributed by atoms with Gasteiger partial charge in [-0.15, -0.1) is 11.3 Å². The Bertz CT molecular complexity index is 487. The molecule has 0 aliphatic heterocycles. The van der Waals surface area contributed by atoms with E-state index >= 15 is 0 Å². The third-order valence-corrected chi connectivity index (χ3v) is 2.95. The minimum Gasteiger partial charge on any atom is -0.768 e. The molecule has 3 nitrogen and oxygen atoms in total. The van der Waals surface area contributed by atoms with Crippen molar-refractivity contribution in [2.75, 3.05) is 0 Å². The molecule has 1 atom stereocenters. The van der Waals surface area contributed by atoms with Crippen LogP contribution >= 0.6 is 11.3 Å². The average molecular weight is 239 g/mol. The summed E-state index contributed by atoms with van der Waals surface area (Å²) < 4.78 is 34.7. The molecule has 0 saturated carbocycles. The second kappa shape index (κ2) is 4.78. The van der Waals surface area contributed by atoms with Gasteiger partial charge >= 0.3 is 29.6 Å². The first-order valence-electron chi connectivity index (χ1n) is 3.30. The maximum atomic E-state index is 13.1. The molecule has 1 aromatic heterocycles. The van der Waals surface area contributed by atoms with Gasteiger partial charge in [-0.1, -0.05) is 0 Å². The maximum Gasteiger partial charge on any atom is 1.00 e. The van der Waals surface area contributed by atoms with Crippen LogP contribution in [0.15, 0.2) is 22.5 Å². The Hall–Kier alpha value is 0.150. The Balaban J connectivity index is 0.000000980. The van der Waals surface area contributed by atoms with E-state index in [0.29, 0.717) is 4.70 Å². The van der Waals surface area contributed by atoms with Crippen LogP contribution in [0.1, 0.15) is 0 Å². The van der Waals surface area contributed by atoms with Crippen LogP contribution in [0.5, 0.6) is 0 Å². The molecule has 1 unspecified atom stereocenters. The summed E-state index contributed by atoms with van der Waals surface area (Å²) in [6.07, 6.45) is 0. The molecular formula is C7H3FNNaO2S2. The van der Waals surface area contributed by atoms with Gasteiger partial charge in [0.05, 0.1) is 10.2 Å². The fourth-order valence-corrected chi connectivity index (χ4v) is 2.21. The summed E-state index contributed by atoms with van der Waals surface area (Å²) in [5.41, 5.74) is 1.70. The first kappa shape index (κ1) is 12.2. The Morgan fingerprint density at radius 3 is 2.86 bits per heavy atom. The normalized spacial score (nSPS) is 12.4. The quantitative estimate of drug-likeness (QED) is 0.458. The van der Waals surface area contributed by atoms with Crippen LogP contribution < -0.4 is 29.6 Å². The van der Waals surface area contributed by atoms with Gasteiger partial charge in [-0.05, 0) is 23.2 Å². The average Bonchev–Trinajstić information content (AvgIpc) is 2.51. The van der Waals surface area contributed by atoms with Gasteiger partial charge in [-0.3, -0.25) is 4.21 Å². The third-order valence-electron chi connectivity index (χ3n) is 1.56. The molecule has 0 radical (unpaired) electrons. The van der Waals surface area contributed by atoms with Crippen molar-refractivity contribution in [3.05, 3.63) is 23.5 Å². The summed E-state index contributed by atoms with van der Waals surface area (Å²) in [7, 11) is 0. The minimum atomic E-state index is -2.39. The zero-order chi connectivity index (χ0) is 9.42. The van der Waals surface area contributed by atoms with Gasteiger partial charge in [0, 0.05) is 4.90 Å². The fourth-order valence-electron chi connectivity index (χ4n) is 0.997. The molecule has 2 aromatic rings. The summed E-state index contributed by atoms with van der Waals surface area (Å²) in [5.74, 6) is -0.599. The number of aromatic nitrogens is 1. The van der Waals surface area contributed by atoms with E-state index in [4.69, 9.17) is 0 Å². The van der Waals surface area contributed by atoms with Crippen LogP contribution in [-0.2, 0) is 11.1 Å². The van der Waals surface area contributed by atoms with Gasteiger partial charge in [0.15, 0.2) is 5.82 Å². The van der Waals surface area contributed by atoms with E-state index in [1.54, 1.807) is 0 Å². The summed E-state index contributed by atoms with van der Waals surface area (Å²) >= 11 is -1.18. The molecular weight excluding hydrogens is 236 g/mol. The SMILES string of the molecule is O=S([O-])c1cc(F)c2ncsc2c1.[Na+]. The van der Waals surface area contributed by atoms with E-state index in [0.717, 1.165) is 6.07 Å². The number of nitrogens with zero attached hydrogens (tertiary/aromatic N) is 1. The number of rotatable bonds is 1. The van der Waals surface area contributed by atoms with Gasteiger partial charge in [0.25, 0.3) is 0 Å². The first-order valence-corrected chi connectivity index (χ1v) is 5.26. The Morgan fingerprint density at radius 1 is 1.50 bits per heavy atom. The summed E-state index contributed by atoms with van der Waals surface area (Å²) in [4.78, 5) is 3.71. The zero-order valence-electron chi connectivity index (χ0n) is 7.19. The molecule has 1 heterocycles. The van der Waals surface area contributed by atoms with Crippen molar-refractivity contribution in [1.82, 2.24) is 4.98 Å². The van der Waals surface area contributed by atoms with Gasteiger partial charge in [0.2, 0.25) is 0 Å². The van der Waals surface area contributed by atoms with E-state index < -0.39 is 16.9 Å². The van der Waals surface area contributed by atoms with E-state index in [1.165, 1.54) is 22.9 Å².